The van der Waals surface area contributed by atoms with Gasteiger partial charge in [-0.1, -0.05) is 18.6 Å². The first-order chi connectivity index (χ1) is 11.6. The minimum absolute atomic E-state index is 0.515. The topological polar surface area (TPSA) is 36.5 Å². The Hall–Kier alpha value is -1.33. The molecule has 0 aliphatic carbocycles. The minimum atomic E-state index is 0.515. The molecule has 1 aliphatic heterocycles. The number of piperidine rings is 1. The van der Waals surface area contributed by atoms with Crippen molar-refractivity contribution < 1.29 is 4.74 Å². The van der Waals surface area contributed by atoms with E-state index in [1.807, 2.05) is 12.1 Å². The van der Waals surface area contributed by atoms with Gasteiger partial charge in [0.25, 0.3) is 0 Å². The highest BCUT2D eigenvalue weighted by Gasteiger charge is 2.22. The van der Waals surface area contributed by atoms with Crippen LogP contribution in [0.5, 0.6) is 5.75 Å². The molecule has 0 amide bonds. The smallest absolute Gasteiger partial charge is 0.166 e. The third-order valence-electron chi connectivity index (χ3n) is 4.84. The molecule has 2 N–H and O–H groups in total. The molecule has 0 bridgehead atoms. The number of methoxy groups -OCH3 is 1. The molecule has 2 atom stereocenters. The fourth-order valence-electron chi connectivity index (χ4n) is 3.31. The minimum Gasteiger partial charge on any atom is -0.497 e. The van der Waals surface area contributed by atoms with Crippen LogP contribution in [0.2, 0.25) is 0 Å². The molecule has 24 heavy (non-hydrogen) atoms. The molecular formula is C19H31N3OS. The average Bonchev–Trinajstić information content (AvgIpc) is 2.60. The predicted molar refractivity (Wildman–Crippen MR) is 105 cm³/mol. The highest BCUT2D eigenvalue weighted by atomic mass is 32.1. The Bertz CT molecular complexity index is 506. The van der Waals surface area contributed by atoms with Gasteiger partial charge >= 0.3 is 0 Å². The number of rotatable bonds is 7. The van der Waals surface area contributed by atoms with Crippen LogP contribution < -0.4 is 15.4 Å². The van der Waals surface area contributed by atoms with Crippen LogP contribution in [-0.4, -0.2) is 48.8 Å². The zero-order valence-electron chi connectivity index (χ0n) is 15.2. The SMILES string of the molecule is COc1ccc(CCNC(=S)NC[C@H](C)N2CCCC[C@H]2C)cc1. The molecule has 1 fully saturated rings. The Morgan fingerprint density at radius 3 is 2.71 bits per heavy atom. The predicted octanol–water partition coefficient (Wildman–Crippen LogP) is 2.96. The van der Waals surface area contributed by atoms with Crippen molar-refractivity contribution in [2.24, 2.45) is 0 Å². The van der Waals surface area contributed by atoms with Gasteiger partial charge in [0.1, 0.15) is 5.75 Å². The number of hydrogen-bond acceptors (Lipinski definition) is 3. The van der Waals surface area contributed by atoms with Crippen LogP contribution in [0.1, 0.15) is 38.7 Å². The summed E-state index contributed by atoms with van der Waals surface area (Å²) in [5.74, 6) is 0.893. The van der Waals surface area contributed by atoms with Gasteiger partial charge in [0, 0.05) is 25.2 Å². The van der Waals surface area contributed by atoms with E-state index in [0.717, 1.165) is 30.4 Å². The fourth-order valence-corrected chi connectivity index (χ4v) is 3.49. The van der Waals surface area contributed by atoms with E-state index in [9.17, 15) is 0 Å². The van der Waals surface area contributed by atoms with Gasteiger partial charge in [-0.25, -0.2) is 0 Å². The van der Waals surface area contributed by atoms with Crippen LogP contribution >= 0.6 is 12.2 Å². The molecule has 0 aromatic heterocycles. The van der Waals surface area contributed by atoms with Gasteiger partial charge in [0.2, 0.25) is 0 Å². The molecular weight excluding hydrogens is 318 g/mol. The standard InChI is InChI=1S/C19H31N3OS/c1-15-6-4-5-13-22(15)16(2)14-21-19(24)20-12-11-17-7-9-18(23-3)10-8-17/h7-10,15-16H,4-6,11-14H2,1-3H3,(H2,20,21,24)/t15-,16+/m1/s1. The van der Waals surface area contributed by atoms with Crippen molar-refractivity contribution in [1.29, 1.82) is 0 Å². The normalized spacial score (nSPS) is 19.5. The Labute approximate surface area is 152 Å². The molecule has 2 rings (SSSR count). The molecule has 0 spiro atoms. The molecule has 1 heterocycles. The summed E-state index contributed by atoms with van der Waals surface area (Å²) in [6.45, 7) is 7.57. The van der Waals surface area contributed by atoms with Gasteiger partial charge in [-0.05, 0) is 69.6 Å². The van der Waals surface area contributed by atoms with Gasteiger partial charge in [-0.2, -0.15) is 0 Å². The fraction of sp³-hybridized carbons (Fsp3) is 0.632. The molecule has 1 aliphatic rings. The zero-order chi connectivity index (χ0) is 17.4. The Morgan fingerprint density at radius 1 is 1.29 bits per heavy atom. The quantitative estimate of drug-likeness (QED) is 0.740. The molecule has 134 valence electrons. The van der Waals surface area contributed by atoms with Gasteiger partial charge in [0.15, 0.2) is 5.11 Å². The number of thiocarbonyl (C=S) groups is 1. The highest BCUT2D eigenvalue weighted by Crippen LogP contribution is 2.18. The van der Waals surface area contributed by atoms with Crippen molar-refractivity contribution >= 4 is 17.3 Å². The van der Waals surface area contributed by atoms with Crippen molar-refractivity contribution in [2.75, 3.05) is 26.7 Å². The zero-order valence-corrected chi connectivity index (χ0v) is 16.0. The first-order valence-corrected chi connectivity index (χ1v) is 9.41. The maximum Gasteiger partial charge on any atom is 0.166 e. The van der Waals surface area contributed by atoms with Crippen LogP contribution in [0.4, 0.5) is 0 Å². The summed E-state index contributed by atoms with van der Waals surface area (Å²) >= 11 is 5.40. The highest BCUT2D eigenvalue weighted by molar-refractivity contribution is 7.80. The second-order valence-electron chi connectivity index (χ2n) is 6.67. The van der Waals surface area contributed by atoms with E-state index >= 15 is 0 Å². The lowest BCUT2D eigenvalue weighted by molar-refractivity contribution is 0.116. The summed E-state index contributed by atoms with van der Waals surface area (Å²) in [7, 11) is 1.69. The third kappa shape index (κ3) is 5.95. The Kier molecular flexibility index (Phi) is 7.79. The van der Waals surface area contributed by atoms with E-state index in [-0.39, 0.29) is 0 Å². The largest absolute Gasteiger partial charge is 0.497 e. The summed E-state index contributed by atoms with van der Waals surface area (Å²) in [6.07, 6.45) is 4.95. The van der Waals surface area contributed by atoms with Crippen LogP contribution in [0, 0.1) is 0 Å². The van der Waals surface area contributed by atoms with Crippen molar-refractivity contribution in [3.05, 3.63) is 29.8 Å². The lowest BCUT2D eigenvalue weighted by Crippen LogP contribution is -2.49. The molecule has 1 aromatic carbocycles. The van der Waals surface area contributed by atoms with E-state index < -0.39 is 0 Å². The number of hydrogen-bond donors (Lipinski definition) is 2. The maximum absolute atomic E-state index is 5.40. The van der Waals surface area contributed by atoms with Gasteiger partial charge < -0.3 is 15.4 Å². The van der Waals surface area contributed by atoms with Crippen molar-refractivity contribution in [2.45, 2.75) is 51.6 Å². The molecule has 1 aromatic rings. The van der Waals surface area contributed by atoms with Crippen LogP contribution in [0.25, 0.3) is 0 Å². The maximum atomic E-state index is 5.40. The van der Waals surface area contributed by atoms with Crippen LogP contribution in [0.3, 0.4) is 0 Å². The average molecular weight is 350 g/mol. The molecule has 1 saturated heterocycles. The summed E-state index contributed by atoms with van der Waals surface area (Å²) in [5, 5.41) is 7.41. The third-order valence-corrected chi connectivity index (χ3v) is 5.13. The van der Waals surface area contributed by atoms with E-state index in [4.69, 9.17) is 17.0 Å². The van der Waals surface area contributed by atoms with E-state index in [2.05, 4.69) is 41.5 Å². The van der Waals surface area contributed by atoms with Crippen LogP contribution in [0.15, 0.2) is 24.3 Å². The van der Waals surface area contributed by atoms with Crippen molar-refractivity contribution in [1.82, 2.24) is 15.5 Å². The Balaban J connectivity index is 1.63. The number of likely N-dealkylation sites (tertiary alicyclic amines) is 1. The Morgan fingerprint density at radius 2 is 2.04 bits per heavy atom. The first kappa shape index (κ1) is 19.0. The molecule has 0 radical (unpaired) electrons. The lowest BCUT2D eigenvalue weighted by atomic mass is 10.0. The number of nitrogens with one attached hydrogen (secondary N) is 2. The van der Waals surface area contributed by atoms with Gasteiger partial charge in [0.05, 0.1) is 7.11 Å². The van der Waals surface area contributed by atoms with Crippen LogP contribution in [-0.2, 0) is 6.42 Å². The molecule has 0 saturated carbocycles. The van der Waals surface area contributed by atoms with Gasteiger partial charge in [-0.3, -0.25) is 4.90 Å². The summed E-state index contributed by atoms with van der Waals surface area (Å²) < 4.78 is 5.17. The second kappa shape index (κ2) is 9.84. The lowest BCUT2D eigenvalue weighted by Gasteiger charge is -2.38. The summed E-state index contributed by atoms with van der Waals surface area (Å²) in [5.41, 5.74) is 1.28. The molecule has 5 heteroatoms. The van der Waals surface area contributed by atoms with Crippen molar-refractivity contribution in [3.8, 4) is 5.75 Å². The first-order valence-electron chi connectivity index (χ1n) is 9.00. The monoisotopic (exact) mass is 349 g/mol. The van der Waals surface area contributed by atoms with E-state index in [1.165, 1.54) is 31.4 Å². The molecule has 0 unspecified atom stereocenters. The number of benzene rings is 1. The van der Waals surface area contributed by atoms with E-state index in [0.29, 0.717) is 12.1 Å². The summed E-state index contributed by atoms with van der Waals surface area (Å²) in [6, 6.07) is 9.38. The summed E-state index contributed by atoms with van der Waals surface area (Å²) in [4.78, 5) is 2.59. The molecule has 4 nitrogen and oxygen atoms in total. The van der Waals surface area contributed by atoms with Gasteiger partial charge in [-0.15, -0.1) is 0 Å². The second-order valence-corrected chi connectivity index (χ2v) is 7.07. The number of ether oxygens (including phenoxy) is 1. The van der Waals surface area contributed by atoms with E-state index in [1.54, 1.807) is 7.11 Å². The number of nitrogens with zero attached hydrogens (tertiary/aromatic N) is 1. The van der Waals surface area contributed by atoms with Crippen molar-refractivity contribution in [3.63, 3.8) is 0 Å².